The van der Waals surface area contributed by atoms with Gasteiger partial charge in [0.25, 0.3) is 0 Å². The van der Waals surface area contributed by atoms with E-state index in [0.717, 1.165) is 17.7 Å². The highest BCUT2D eigenvalue weighted by molar-refractivity contribution is 5.74. The molecule has 0 aliphatic rings. The van der Waals surface area contributed by atoms with E-state index in [-0.39, 0.29) is 5.75 Å². The number of benzene rings is 1. The standard InChI is InChI=1S/C14H11N3O2/c18-9-11-4-5-13-15-16-14(17(13)8-11)7-10-2-1-3-12(19)6-10/h1-6,8-9,19H,7H2. The second-order valence-corrected chi connectivity index (χ2v) is 4.27. The van der Waals surface area contributed by atoms with Crippen molar-refractivity contribution in [1.82, 2.24) is 14.6 Å². The molecule has 0 spiro atoms. The Morgan fingerprint density at radius 2 is 2.11 bits per heavy atom. The number of pyridine rings is 1. The summed E-state index contributed by atoms with van der Waals surface area (Å²) in [5.74, 6) is 0.948. The Kier molecular flexibility index (Phi) is 2.72. The predicted octanol–water partition coefficient (Wildman–Crippen LogP) is 1.84. The van der Waals surface area contributed by atoms with Gasteiger partial charge in [-0.25, -0.2) is 0 Å². The van der Waals surface area contributed by atoms with Gasteiger partial charge in [-0.05, 0) is 29.8 Å². The summed E-state index contributed by atoms with van der Waals surface area (Å²) in [6.07, 6.45) is 3.04. The highest BCUT2D eigenvalue weighted by Crippen LogP contribution is 2.15. The van der Waals surface area contributed by atoms with Crippen molar-refractivity contribution in [1.29, 1.82) is 0 Å². The molecular formula is C14H11N3O2. The van der Waals surface area contributed by atoms with Gasteiger partial charge in [-0.2, -0.15) is 0 Å². The maximum atomic E-state index is 10.8. The number of hydrogen-bond donors (Lipinski definition) is 1. The molecule has 0 aliphatic carbocycles. The fourth-order valence-electron chi connectivity index (χ4n) is 1.99. The lowest BCUT2D eigenvalue weighted by Gasteiger charge is -2.02. The topological polar surface area (TPSA) is 67.5 Å². The molecule has 94 valence electrons. The first-order valence-corrected chi connectivity index (χ1v) is 5.83. The van der Waals surface area contributed by atoms with E-state index in [9.17, 15) is 9.90 Å². The number of aromatic hydroxyl groups is 1. The number of fused-ring (bicyclic) bond motifs is 1. The van der Waals surface area contributed by atoms with Crippen LogP contribution in [0.15, 0.2) is 42.6 Å². The van der Waals surface area contributed by atoms with Crippen LogP contribution in [0.4, 0.5) is 0 Å². The van der Waals surface area contributed by atoms with Crippen molar-refractivity contribution in [2.24, 2.45) is 0 Å². The molecule has 0 saturated heterocycles. The number of aromatic nitrogens is 3. The molecule has 0 atom stereocenters. The molecular weight excluding hydrogens is 242 g/mol. The molecule has 2 heterocycles. The van der Waals surface area contributed by atoms with E-state index in [1.807, 2.05) is 6.07 Å². The van der Waals surface area contributed by atoms with Gasteiger partial charge in [-0.15, -0.1) is 10.2 Å². The summed E-state index contributed by atoms with van der Waals surface area (Å²) in [6, 6.07) is 10.5. The van der Waals surface area contributed by atoms with Crippen LogP contribution < -0.4 is 0 Å². The van der Waals surface area contributed by atoms with Crippen molar-refractivity contribution < 1.29 is 9.90 Å². The molecule has 5 heteroatoms. The summed E-state index contributed by atoms with van der Waals surface area (Å²) >= 11 is 0. The van der Waals surface area contributed by atoms with Gasteiger partial charge in [0.05, 0.1) is 0 Å². The lowest BCUT2D eigenvalue weighted by atomic mass is 10.1. The first-order chi connectivity index (χ1) is 9.26. The van der Waals surface area contributed by atoms with E-state index in [0.29, 0.717) is 17.6 Å². The van der Waals surface area contributed by atoms with Crippen molar-refractivity contribution in [3.63, 3.8) is 0 Å². The molecule has 3 rings (SSSR count). The van der Waals surface area contributed by atoms with Crippen LogP contribution in [0.1, 0.15) is 21.7 Å². The third-order valence-electron chi connectivity index (χ3n) is 2.90. The number of carbonyl (C=O) groups is 1. The monoisotopic (exact) mass is 253 g/mol. The lowest BCUT2D eigenvalue weighted by molar-refractivity contribution is 0.112. The van der Waals surface area contributed by atoms with E-state index < -0.39 is 0 Å². The summed E-state index contributed by atoms with van der Waals surface area (Å²) in [6.45, 7) is 0. The van der Waals surface area contributed by atoms with Crippen molar-refractivity contribution >= 4 is 11.9 Å². The normalized spacial score (nSPS) is 10.7. The summed E-state index contributed by atoms with van der Waals surface area (Å²) in [4.78, 5) is 10.8. The number of rotatable bonds is 3. The van der Waals surface area contributed by atoms with E-state index in [4.69, 9.17) is 0 Å². The van der Waals surface area contributed by atoms with Crippen LogP contribution in [0.3, 0.4) is 0 Å². The molecule has 0 radical (unpaired) electrons. The first kappa shape index (κ1) is 11.4. The molecule has 19 heavy (non-hydrogen) atoms. The van der Waals surface area contributed by atoms with E-state index in [1.54, 1.807) is 40.9 Å². The maximum Gasteiger partial charge on any atom is 0.160 e. The number of phenolic OH excluding ortho intramolecular Hbond substituents is 1. The Morgan fingerprint density at radius 1 is 1.21 bits per heavy atom. The summed E-state index contributed by atoms with van der Waals surface area (Å²) in [7, 11) is 0. The van der Waals surface area contributed by atoms with Crippen molar-refractivity contribution in [3.8, 4) is 5.75 Å². The molecule has 0 saturated carbocycles. The molecule has 0 amide bonds. The molecule has 5 nitrogen and oxygen atoms in total. The van der Waals surface area contributed by atoms with Gasteiger partial charge in [-0.3, -0.25) is 9.20 Å². The quantitative estimate of drug-likeness (QED) is 0.723. The van der Waals surface area contributed by atoms with Gasteiger partial charge in [0.2, 0.25) is 0 Å². The SMILES string of the molecule is O=Cc1ccc2nnc(Cc3cccc(O)c3)n2c1. The highest BCUT2D eigenvalue weighted by atomic mass is 16.3. The molecule has 0 aliphatic heterocycles. The van der Waals surface area contributed by atoms with Crippen LogP contribution in [0.5, 0.6) is 5.75 Å². The van der Waals surface area contributed by atoms with E-state index in [1.165, 1.54) is 0 Å². The van der Waals surface area contributed by atoms with Gasteiger partial charge in [0.1, 0.15) is 11.6 Å². The number of carbonyl (C=O) groups excluding carboxylic acids is 1. The van der Waals surface area contributed by atoms with Crippen LogP contribution in [0.25, 0.3) is 5.65 Å². The summed E-state index contributed by atoms with van der Waals surface area (Å²) in [5, 5.41) is 17.6. The Morgan fingerprint density at radius 3 is 2.89 bits per heavy atom. The van der Waals surface area contributed by atoms with Gasteiger partial charge < -0.3 is 5.11 Å². The number of hydrogen-bond acceptors (Lipinski definition) is 4. The van der Waals surface area contributed by atoms with Gasteiger partial charge >= 0.3 is 0 Å². The van der Waals surface area contributed by atoms with E-state index in [2.05, 4.69) is 10.2 Å². The van der Waals surface area contributed by atoms with Crippen LogP contribution in [-0.4, -0.2) is 26.0 Å². The van der Waals surface area contributed by atoms with Crippen molar-refractivity contribution in [2.75, 3.05) is 0 Å². The Balaban J connectivity index is 2.03. The van der Waals surface area contributed by atoms with E-state index >= 15 is 0 Å². The van der Waals surface area contributed by atoms with Crippen LogP contribution >= 0.6 is 0 Å². The molecule has 0 fully saturated rings. The highest BCUT2D eigenvalue weighted by Gasteiger charge is 2.07. The molecule has 3 aromatic rings. The smallest absolute Gasteiger partial charge is 0.160 e. The molecule has 1 aromatic carbocycles. The minimum Gasteiger partial charge on any atom is -0.508 e. The van der Waals surface area contributed by atoms with Crippen molar-refractivity contribution in [2.45, 2.75) is 6.42 Å². The Bertz CT molecular complexity index is 749. The minimum absolute atomic E-state index is 0.222. The lowest BCUT2D eigenvalue weighted by Crippen LogP contribution is -1.97. The molecule has 1 N–H and O–H groups in total. The van der Waals surface area contributed by atoms with Gasteiger partial charge in [0.15, 0.2) is 11.9 Å². The summed E-state index contributed by atoms with van der Waals surface area (Å²) < 4.78 is 1.79. The zero-order chi connectivity index (χ0) is 13.2. The second kappa shape index (κ2) is 4.53. The second-order valence-electron chi connectivity index (χ2n) is 4.27. The van der Waals surface area contributed by atoms with Gasteiger partial charge in [0, 0.05) is 18.2 Å². The maximum absolute atomic E-state index is 10.8. The zero-order valence-corrected chi connectivity index (χ0v) is 10.0. The van der Waals surface area contributed by atoms with Crippen LogP contribution in [0, 0.1) is 0 Å². The fraction of sp³-hybridized carbons (Fsp3) is 0.0714. The number of nitrogens with zero attached hydrogens (tertiary/aromatic N) is 3. The predicted molar refractivity (Wildman–Crippen MR) is 69.3 cm³/mol. The average Bonchev–Trinajstić information content (AvgIpc) is 2.81. The molecule has 0 unspecified atom stereocenters. The Labute approximate surface area is 109 Å². The number of aldehydes is 1. The third-order valence-corrected chi connectivity index (χ3v) is 2.90. The first-order valence-electron chi connectivity index (χ1n) is 5.83. The number of phenols is 1. The van der Waals surface area contributed by atoms with Crippen LogP contribution in [-0.2, 0) is 6.42 Å². The zero-order valence-electron chi connectivity index (χ0n) is 10.0. The van der Waals surface area contributed by atoms with Crippen LogP contribution in [0.2, 0.25) is 0 Å². The molecule has 0 bridgehead atoms. The summed E-state index contributed by atoms with van der Waals surface area (Å²) in [5.41, 5.74) is 2.20. The molecule has 2 aromatic heterocycles. The third kappa shape index (κ3) is 2.18. The average molecular weight is 253 g/mol. The largest absolute Gasteiger partial charge is 0.508 e. The Hall–Kier alpha value is -2.69. The van der Waals surface area contributed by atoms with Crippen molar-refractivity contribution in [3.05, 3.63) is 59.5 Å². The minimum atomic E-state index is 0.222. The fourth-order valence-corrected chi connectivity index (χ4v) is 1.99. The van der Waals surface area contributed by atoms with Gasteiger partial charge in [-0.1, -0.05) is 12.1 Å².